The van der Waals surface area contributed by atoms with Crippen molar-refractivity contribution in [1.29, 1.82) is 0 Å². The third-order valence-corrected chi connectivity index (χ3v) is 6.59. The Balaban J connectivity index is 1.86. The van der Waals surface area contributed by atoms with Crippen LogP contribution >= 0.6 is 0 Å². The Morgan fingerprint density at radius 2 is 1.51 bits per heavy atom. The number of amides is 4. The molecule has 258 valence electrons. The molecule has 47 heavy (non-hydrogen) atoms. The standard InChI is InChI=1S/C33H49N7O7/c1-22(2)28(37-20-27(41)35-18-19-36-32(45)46-21-23-10-7-6-8-11-23)30(43)40-26(12-9-17-38-34)29(42)39-25-15-13-24(14-16-25)31(44)47-33(3,4)5/h6-8,10-11,13-16,22,26,28,37-38H,9,12,17-21,34H2,1-5H3,(H,35,41)(H,36,45)(H,39,42)(H,40,43)/t26-,28-/m0/s1. The third kappa shape index (κ3) is 15.5. The van der Waals surface area contributed by atoms with Crippen molar-refractivity contribution in [1.82, 2.24) is 26.7 Å². The Labute approximate surface area is 276 Å². The predicted octanol–water partition coefficient (Wildman–Crippen LogP) is 1.97. The number of ether oxygens (including phenoxy) is 2. The SMILES string of the molecule is CC(C)[C@H](NCC(=O)NCCNC(=O)OCc1ccccc1)C(=O)N[C@@H](CCCNN)C(=O)Nc1ccc(C(=O)OC(C)(C)C)cc1. The summed E-state index contributed by atoms with van der Waals surface area (Å²) in [5.41, 5.74) is 3.53. The highest BCUT2D eigenvalue weighted by atomic mass is 16.6. The van der Waals surface area contributed by atoms with Crippen molar-refractivity contribution < 1.29 is 33.4 Å². The van der Waals surface area contributed by atoms with Crippen LogP contribution in [0.3, 0.4) is 0 Å². The molecule has 4 amide bonds. The van der Waals surface area contributed by atoms with Crippen LogP contribution in [0.5, 0.6) is 0 Å². The largest absolute Gasteiger partial charge is 0.456 e. The van der Waals surface area contributed by atoms with Crippen molar-refractivity contribution in [2.24, 2.45) is 11.8 Å². The Bertz CT molecular complexity index is 1300. The summed E-state index contributed by atoms with van der Waals surface area (Å²) in [6.45, 7) is 9.69. The number of carbonyl (C=O) groups is 5. The average molecular weight is 656 g/mol. The van der Waals surface area contributed by atoms with E-state index in [1.165, 1.54) is 0 Å². The van der Waals surface area contributed by atoms with Gasteiger partial charge >= 0.3 is 12.1 Å². The Morgan fingerprint density at radius 3 is 2.13 bits per heavy atom. The van der Waals surface area contributed by atoms with Gasteiger partial charge in [0.1, 0.15) is 18.2 Å². The van der Waals surface area contributed by atoms with Crippen molar-refractivity contribution in [3.63, 3.8) is 0 Å². The van der Waals surface area contributed by atoms with E-state index in [1.54, 1.807) is 45.0 Å². The minimum Gasteiger partial charge on any atom is -0.456 e. The van der Waals surface area contributed by atoms with Gasteiger partial charge in [-0.2, -0.15) is 0 Å². The summed E-state index contributed by atoms with van der Waals surface area (Å²) in [7, 11) is 0. The molecule has 0 unspecified atom stereocenters. The highest BCUT2D eigenvalue weighted by molar-refractivity contribution is 5.98. The second-order valence-electron chi connectivity index (χ2n) is 12.2. The van der Waals surface area contributed by atoms with Crippen molar-refractivity contribution in [2.75, 3.05) is 31.5 Å². The first-order valence-corrected chi connectivity index (χ1v) is 15.6. The van der Waals surface area contributed by atoms with E-state index in [-0.39, 0.29) is 38.1 Å². The number of nitrogens with two attached hydrogens (primary N) is 1. The smallest absolute Gasteiger partial charge is 0.407 e. The van der Waals surface area contributed by atoms with Crippen LogP contribution in [-0.4, -0.2) is 73.6 Å². The maximum Gasteiger partial charge on any atom is 0.407 e. The van der Waals surface area contributed by atoms with Crippen LogP contribution in [0, 0.1) is 5.92 Å². The van der Waals surface area contributed by atoms with Gasteiger partial charge in [0, 0.05) is 25.3 Å². The van der Waals surface area contributed by atoms with Crippen LogP contribution in [-0.2, 0) is 30.5 Å². The predicted molar refractivity (Wildman–Crippen MR) is 178 cm³/mol. The fraction of sp³-hybridized carbons (Fsp3) is 0.485. The van der Waals surface area contributed by atoms with Crippen LogP contribution in [0.1, 0.15) is 63.4 Å². The Kier molecular flexibility index (Phi) is 16.3. The molecule has 0 saturated carbocycles. The zero-order valence-electron chi connectivity index (χ0n) is 27.8. The van der Waals surface area contributed by atoms with Crippen molar-refractivity contribution in [3.8, 4) is 0 Å². The lowest BCUT2D eigenvalue weighted by molar-refractivity contribution is -0.129. The van der Waals surface area contributed by atoms with Gasteiger partial charge in [0.25, 0.3) is 0 Å². The number of carbonyl (C=O) groups excluding carboxylic acids is 5. The first-order chi connectivity index (χ1) is 22.3. The summed E-state index contributed by atoms with van der Waals surface area (Å²) in [6.07, 6.45) is 0.197. The van der Waals surface area contributed by atoms with Crippen LogP contribution in [0.25, 0.3) is 0 Å². The molecule has 0 aromatic heterocycles. The van der Waals surface area contributed by atoms with E-state index in [0.717, 1.165) is 5.56 Å². The molecule has 0 saturated heterocycles. The van der Waals surface area contributed by atoms with Crippen LogP contribution in [0.2, 0.25) is 0 Å². The molecule has 0 radical (unpaired) electrons. The molecule has 0 spiro atoms. The molecule has 2 aromatic carbocycles. The van der Waals surface area contributed by atoms with Gasteiger partial charge in [-0.3, -0.25) is 31.0 Å². The van der Waals surface area contributed by atoms with Gasteiger partial charge < -0.3 is 30.7 Å². The molecule has 0 heterocycles. The number of anilines is 1. The number of hydrogen-bond donors (Lipinski definition) is 7. The Morgan fingerprint density at radius 1 is 0.851 bits per heavy atom. The summed E-state index contributed by atoms with van der Waals surface area (Å²) in [4.78, 5) is 63.1. The zero-order chi connectivity index (χ0) is 34.8. The molecule has 14 heteroatoms. The van der Waals surface area contributed by atoms with Crippen molar-refractivity contribution in [2.45, 2.75) is 71.8 Å². The summed E-state index contributed by atoms with van der Waals surface area (Å²) < 4.78 is 10.5. The van der Waals surface area contributed by atoms with E-state index in [4.69, 9.17) is 15.3 Å². The fourth-order valence-electron chi connectivity index (χ4n) is 4.23. The molecule has 0 aliphatic carbocycles. The quantitative estimate of drug-likeness (QED) is 0.0539. The van der Waals surface area contributed by atoms with E-state index >= 15 is 0 Å². The number of nitrogens with one attached hydrogen (secondary N) is 6. The summed E-state index contributed by atoms with van der Waals surface area (Å²) >= 11 is 0. The van der Waals surface area contributed by atoms with E-state index < -0.39 is 41.6 Å². The van der Waals surface area contributed by atoms with Gasteiger partial charge in [-0.25, -0.2) is 9.59 Å². The van der Waals surface area contributed by atoms with Crippen molar-refractivity contribution in [3.05, 3.63) is 65.7 Å². The minimum absolute atomic E-state index is 0.136. The van der Waals surface area contributed by atoms with E-state index in [0.29, 0.717) is 30.6 Å². The normalized spacial score (nSPS) is 12.4. The van der Waals surface area contributed by atoms with Crippen molar-refractivity contribution >= 4 is 35.5 Å². The first-order valence-electron chi connectivity index (χ1n) is 15.6. The number of esters is 1. The maximum atomic E-state index is 13.3. The molecule has 0 bridgehead atoms. The van der Waals surface area contributed by atoms with Gasteiger partial charge in [0.15, 0.2) is 0 Å². The third-order valence-electron chi connectivity index (χ3n) is 6.59. The summed E-state index contributed by atoms with van der Waals surface area (Å²) in [6, 6.07) is 13.8. The number of benzene rings is 2. The summed E-state index contributed by atoms with van der Waals surface area (Å²) in [5, 5.41) is 13.8. The molecular formula is C33H49N7O7. The lowest BCUT2D eigenvalue weighted by Crippen LogP contribution is -2.55. The molecule has 2 rings (SSSR count). The lowest BCUT2D eigenvalue weighted by atomic mass is 10.0. The second kappa shape index (κ2) is 19.9. The molecule has 0 aliphatic heterocycles. The minimum atomic E-state index is -0.897. The number of alkyl carbamates (subject to hydrolysis) is 1. The molecule has 0 aliphatic rings. The molecule has 2 atom stereocenters. The lowest BCUT2D eigenvalue weighted by Gasteiger charge is -2.25. The van der Waals surface area contributed by atoms with Gasteiger partial charge in [0.2, 0.25) is 17.7 Å². The second-order valence-corrected chi connectivity index (χ2v) is 12.2. The van der Waals surface area contributed by atoms with Gasteiger partial charge in [-0.15, -0.1) is 0 Å². The molecular weight excluding hydrogens is 606 g/mol. The average Bonchev–Trinajstić information content (AvgIpc) is 3.01. The molecule has 14 nitrogen and oxygen atoms in total. The van der Waals surface area contributed by atoms with E-state index in [9.17, 15) is 24.0 Å². The molecule has 0 fully saturated rings. The van der Waals surface area contributed by atoms with Gasteiger partial charge in [-0.1, -0.05) is 44.2 Å². The van der Waals surface area contributed by atoms with E-state index in [1.807, 2.05) is 44.2 Å². The first kappa shape index (κ1) is 38.7. The fourth-order valence-corrected chi connectivity index (χ4v) is 4.23. The Hall–Kier alpha value is -4.53. The highest BCUT2D eigenvalue weighted by Crippen LogP contribution is 2.16. The van der Waals surface area contributed by atoms with Crippen LogP contribution in [0.15, 0.2) is 54.6 Å². The topological polar surface area (TPSA) is 202 Å². The molecule has 2 aromatic rings. The van der Waals surface area contributed by atoms with Crippen LogP contribution in [0.4, 0.5) is 10.5 Å². The summed E-state index contributed by atoms with van der Waals surface area (Å²) in [5.74, 6) is 3.43. The van der Waals surface area contributed by atoms with Gasteiger partial charge in [0.05, 0.1) is 18.2 Å². The zero-order valence-corrected chi connectivity index (χ0v) is 27.8. The van der Waals surface area contributed by atoms with Crippen LogP contribution < -0.4 is 37.9 Å². The number of hydrazine groups is 1. The van der Waals surface area contributed by atoms with Gasteiger partial charge in [-0.05, 0) is 69.4 Å². The maximum absolute atomic E-state index is 13.3. The number of hydrogen-bond acceptors (Lipinski definition) is 10. The monoisotopic (exact) mass is 655 g/mol. The number of rotatable bonds is 18. The van der Waals surface area contributed by atoms with E-state index in [2.05, 4.69) is 32.0 Å². The highest BCUT2D eigenvalue weighted by Gasteiger charge is 2.28. The molecule has 8 N–H and O–H groups in total.